The Morgan fingerprint density at radius 3 is 2.92 bits per heavy atom. The Morgan fingerprint density at radius 1 is 1.54 bits per heavy atom. The van der Waals surface area contributed by atoms with Crippen molar-refractivity contribution in [3.63, 3.8) is 0 Å². The lowest BCUT2D eigenvalue weighted by Gasteiger charge is -1.90. The molecule has 0 saturated carbocycles. The number of nitriles is 1. The Bertz CT molecular complexity index is 463. The van der Waals surface area contributed by atoms with Gasteiger partial charge in [0.25, 0.3) is 0 Å². The highest BCUT2D eigenvalue weighted by Crippen LogP contribution is 2.18. The van der Waals surface area contributed by atoms with Crippen molar-refractivity contribution in [1.82, 2.24) is 14.8 Å². The number of hydrogen-bond donors (Lipinski definition) is 1. The number of rotatable bonds is 1. The van der Waals surface area contributed by atoms with Gasteiger partial charge in [0.2, 0.25) is 5.13 Å². The number of hydrogen-bond acceptors (Lipinski definition) is 5. The van der Waals surface area contributed by atoms with Gasteiger partial charge in [-0.1, -0.05) is 11.3 Å². The van der Waals surface area contributed by atoms with E-state index < -0.39 is 0 Å². The molecule has 2 N–H and O–H groups in total. The van der Waals surface area contributed by atoms with Crippen LogP contribution >= 0.6 is 11.3 Å². The van der Waals surface area contributed by atoms with E-state index in [9.17, 15) is 0 Å². The van der Waals surface area contributed by atoms with Gasteiger partial charge in [0.1, 0.15) is 11.1 Å². The molecule has 5 nitrogen and oxygen atoms in total. The Balaban J connectivity index is 2.42. The molecule has 0 unspecified atom stereocenters. The zero-order valence-corrected chi connectivity index (χ0v) is 7.32. The second kappa shape index (κ2) is 2.88. The minimum atomic E-state index is 0.508. The fourth-order valence-electron chi connectivity index (χ4n) is 0.868. The summed E-state index contributed by atoms with van der Waals surface area (Å²) >= 11 is 1.32. The maximum atomic E-state index is 8.56. The van der Waals surface area contributed by atoms with Crippen LogP contribution in [0.15, 0.2) is 18.6 Å². The van der Waals surface area contributed by atoms with Crippen molar-refractivity contribution in [2.75, 3.05) is 5.73 Å². The summed E-state index contributed by atoms with van der Waals surface area (Å²) in [7, 11) is 0. The van der Waals surface area contributed by atoms with Gasteiger partial charge in [-0.05, 0) is 0 Å². The van der Waals surface area contributed by atoms with Crippen LogP contribution in [0.4, 0.5) is 5.00 Å². The first-order valence-electron chi connectivity index (χ1n) is 3.46. The van der Waals surface area contributed by atoms with Gasteiger partial charge < -0.3 is 5.73 Å². The van der Waals surface area contributed by atoms with Gasteiger partial charge in [0.05, 0.1) is 24.2 Å². The van der Waals surface area contributed by atoms with Gasteiger partial charge in [0.15, 0.2) is 0 Å². The SMILES string of the molecule is N#Cc1cnn(-c2ncc(N)s2)c1. The fraction of sp³-hybridized carbons (Fsp3) is 0. The van der Waals surface area contributed by atoms with E-state index >= 15 is 0 Å². The average molecular weight is 191 g/mol. The topological polar surface area (TPSA) is 80.5 Å². The summed E-state index contributed by atoms with van der Waals surface area (Å²) in [5.74, 6) is 0. The van der Waals surface area contributed by atoms with E-state index in [1.807, 2.05) is 6.07 Å². The van der Waals surface area contributed by atoms with Crippen LogP contribution < -0.4 is 5.73 Å². The molecule has 0 radical (unpaired) electrons. The molecule has 6 heteroatoms. The Hall–Kier alpha value is -1.87. The molecule has 0 aliphatic rings. The quantitative estimate of drug-likeness (QED) is 0.722. The first-order valence-corrected chi connectivity index (χ1v) is 4.27. The molecule has 0 fully saturated rings. The molecular weight excluding hydrogens is 186 g/mol. The summed E-state index contributed by atoms with van der Waals surface area (Å²) in [5, 5.41) is 13.8. The molecule has 0 aliphatic carbocycles. The summed E-state index contributed by atoms with van der Waals surface area (Å²) < 4.78 is 1.53. The molecule has 0 amide bonds. The largest absolute Gasteiger partial charge is 0.389 e. The molecule has 2 rings (SSSR count). The van der Waals surface area contributed by atoms with E-state index in [2.05, 4.69) is 10.1 Å². The Morgan fingerprint density at radius 2 is 2.38 bits per heavy atom. The lowest BCUT2D eigenvalue weighted by atomic mass is 10.4. The zero-order valence-electron chi connectivity index (χ0n) is 6.51. The van der Waals surface area contributed by atoms with Gasteiger partial charge in [-0.25, -0.2) is 9.67 Å². The lowest BCUT2D eigenvalue weighted by molar-refractivity contribution is 0.869. The monoisotopic (exact) mass is 191 g/mol. The molecule has 0 atom stereocenters. The maximum absolute atomic E-state index is 8.56. The number of nitrogen functional groups attached to an aromatic ring is 1. The van der Waals surface area contributed by atoms with Gasteiger partial charge in [-0.15, -0.1) is 0 Å². The minimum Gasteiger partial charge on any atom is -0.389 e. The molecule has 0 aliphatic heterocycles. The third-order valence-corrected chi connectivity index (χ3v) is 2.24. The van der Waals surface area contributed by atoms with Gasteiger partial charge in [0, 0.05) is 0 Å². The van der Waals surface area contributed by atoms with Crippen molar-refractivity contribution >= 4 is 16.3 Å². The van der Waals surface area contributed by atoms with E-state index in [1.165, 1.54) is 22.2 Å². The molecule has 2 aromatic heterocycles. The van der Waals surface area contributed by atoms with Crippen LogP contribution in [0.3, 0.4) is 0 Å². The van der Waals surface area contributed by atoms with Crippen molar-refractivity contribution in [2.45, 2.75) is 0 Å². The Kier molecular flexibility index (Phi) is 1.72. The first kappa shape index (κ1) is 7.76. The molecule has 0 aromatic carbocycles. The number of thiazole rings is 1. The third kappa shape index (κ3) is 1.37. The maximum Gasteiger partial charge on any atom is 0.212 e. The van der Waals surface area contributed by atoms with Gasteiger partial charge >= 0.3 is 0 Å². The number of nitrogens with zero attached hydrogens (tertiary/aromatic N) is 4. The highest BCUT2D eigenvalue weighted by atomic mass is 32.1. The summed E-state index contributed by atoms with van der Waals surface area (Å²) in [6.07, 6.45) is 4.66. The van der Waals surface area contributed by atoms with Crippen LogP contribution in [0.1, 0.15) is 5.56 Å². The van der Waals surface area contributed by atoms with Crippen LogP contribution in [0.2, 0.25) is 0 Å². The lowest BCUT2D eigenvalue weighted by Crippen LogP contribution is -1.91. The highest BCUT2D eigenvalue weighted by Gasteiger charge is 2.03. The first-order chi connectivity index (χ1) is 6.29. The van der Waals surface area contributed by atoms with E-state index in [0.717, 1.165) is 0 Å². The Labute approximate surface area is 78.1 Å². The summed E-state index contributed by atoms with van der Waals surface area (Å²) in [6, 6.07) is 1.99. The van der Waals surface area contributed by atoms with Crippen LogP contribution in [0.25, 0.3) is 5.13 Å². The molecule has 2 heterocycles. The van der Waals surface area contributed by atoms with E-state index in [0.29, 0.717) is 15.7 Å². The number of anilines is 1. The minimum absolute atomic E-state index is 0.508. The average Bonchev–Trinajstić information content (AvgIpc) is 2.71. The molecular formula is C7H5N5S. The molecule has 0 bridgehead atoms. The van der Waals surface area contributed by atoms with Crippen LogP contribution in [0, 0.1) is 11.3 Å². The highest BCUT2D eigenvalue weighted by molar-refractivity contribution is 7.17. The standard InChI is InChI=1S/C7H5N5S/c8-1-5-2-11-12(4-5)7-10-3-6(9)13-7/h2-4H,9H2. The summed E-state index contributed by atoms with van der Waals surface area (Å²) in [4.78, 5) is 4.02. The third-order valence-electron chi connectivity index (χ3n) is 1.42. The molecule has 2 aromatic rings. The number of aromatic nitrogens is 3. The van der Waals surface area contributed by atoms with Crippen LogP contribution in [-0.2, 0) is 0 Å². The van der Waals surface area contributed by atoms with Gasteiger partial charge in [-0.2, -0.15) is 10.4 Å². The molecule has 0 spiro atoms. The second-order valence-corrected chi connectivity index (χ2v) is 3.37. The van der Waals surface area contributed by atoms with Crippen molar-refractivity contribution in [2.24, 2.45) is 0 Å². The summed E-state index contributed by atoms with van der Waals surface area (Å²) in [6.45, 7) is 0. The summed E-state index contributed by atoms with van der Waals surface area (Å²) in [5.41, 5.74) is 6.01. The van der Waals surface area contributed by atoms with E-state index in [1.54, 1.807) is 12.4 Å². The predicted octanol–water partition coefficient (Wildman–Crippen LogP) is 0.783. The van der Waals surface area contributed by atoms with Crippen molar-refractivity contribution in [3.05, 3.63) is 24.2 Å². The molecule has 13 heavy (non-hydrogen) atoms. The predicted molar refractivity (Wildman–Crippen MR) is 48.4 cm³/mol. The van der Waals surface area contributed by atoms with Crippen LogP contribution in [-0.4, -0.2) is 14.8 Å². The van der Waals surface area contributed by atoms with E-state index in [4.69, 9.17) is 11.0 Å². The number of nitrogens with two attached hydrogens (primary N) is 1. The fourth-order valence-corrected chi connectivity index (χ4v) is 1.48. The molecule has 0 saturated heterocycles. The van der Waals surface area contributed by atoms with E-state index in [-0.39, 0.29) is 0 Å². The normalized spacial score (nSPS) is 9.77. The van der Waals surface area contributed by atoms with Gasteiger partial charge in [-0.3, -0.25) is 0 Å². The second-order valence-electron chi connectivity index (χ2n) is 2.33. The van der Waals surface area contributed by atoms with Crippen LogP contribution in [0.5, 0.6) is 0 Å². The van der Waals surface area contributed by atoms with Crippen molar-refractivity contribution in [1.29, 1.82) is 5.26 Å². The smallest absolute Gasteiger partial charge is 0.212 e. The molecule has 64 valence electrons. The van der Waals surface area contributed by atoms with Crippen molar-refractivity contribution in [3.8, 4) is 11.2 Å². The zero-order chi connectivity index (χ0) is 9.26. The van der Waals surface area contributed by atoms with Crippen molar-refractivity contribution < 1.29 is 0 Å².